The summed E-state index contributed by atoms with van der Waals surface area (Å²) in [6.45, 7) is 10.0. The maximum atomic E-state index is 14.4. The van der Waals surface area contributed by atoms with Crippen LogP contribution in [0.4, 0.5) is 17.6 Å². The van der Waals surface area contributed by atoms with Crippen molar-refractivity contribution in [3.8, 4) is 0 Å². The summed E-state index contributed by atoms with van der Waals surface area (Å²) in [6, 6.07) is 0. The molecule has 150 valence electrons. The van der Waals surface area contributed by atoms with E-state index in [4.69, 9.17) is 9.16 Å². The largest absolute Gasteiger partial charge is 0.523 e. The molecule has 0 saturated carbocycles. The second-order valence-corrected chi connectivity index (χ2v) is 13.8. The van der Waals surface area contributed by atoms with E-state index in [1.165, 1.54) is 6.92 Å². The van der Waals surface area contributed by atoms with Gasteiger partial charge in [-0.25, -0.2) is 4.39 Å². The molecule has 1 N–H and O–H groups in total. The zero-order chi connectivity index (χ0) is 20.0. The number of aliphatic hydroxyl groups is 1. The van der Waals surface area contributed by atoms with Gasteiger partial charge in [0.1, 0.15) is 12.2 Å². The van der Waals surface area contributed by atoms with Crippen LogP contribution in [0.2, 0.25) is 18.1 Å². The highest BCUT2D eigenvalue weighted by atomic mass is 32.2. The van der Waals surface area contributed by atoms with Gasteiger partial charge in [0.05, 0.1) is 6.10 Å². The highest BCUT2D eigenvalue weighted by molar-refractivity contribution is 7.87. The standard InChI is InChI=1S/C13H24F4O6SSi/c1-7-9(22-24(19,20)13(15,16)17)10(8(14)11(18)21-7)23-25(5,6)12(2,3)4/h7-11,18H,1-6H3/t7-,8+,9+,10-,11+/m0/s1. The first-order valence-corrected chi connectivity index (χ1v) is 11.9. The molecule has 1 saturated heterocycles. The fourth-order valence-corrected chi connectivity index (χ4v) is 3.93. The molecule has 1 aliphatic rings. The van der Waals surface area contributed by atoms with Crippen LogP contribution in [0.3, 0.4) is 0 Å². The molecule has 1 aliphatic heterocycles. The molecule has 5 atom stereocenters. The summed E-state index contributed by atoms with van der Waals surface area (Å²) in [7, 11) is -8.71. The third-order valence-electron chi connectivity index (χ3n) is 4.48. The fraction of sp³-hybridized carbons (Fsp3) is 1.00. The molecule has 1 heterocycles. The third-order valence-corrected chi connectivity index (χ3v) is 10.0. The zero-order valence-corrected chi connectivity index (χ0v) is 16.6. The van der Waals surface area contributed by atoms with E-state index in [2.05, 4.69) is 4.18 Å². The Hall–Kier alpha value is -0.273. The molecule has 1 rings (SSSR count). The number of alkyl halides is 4. The van der Waals surface area contributed by atoms with E-state index in [-0.39, 0.29) is 0 Å². The molecule has 25 heavy (non-hydrogen) atoms. The Labute approximate surface area is 145 Å². The summed E-state index contributed by atoms with van der Waals surface area (Å²) in [5.41, 5.74) is -5.67. The number of aliphatic hydroxyl groups excluding tert-OH is 1. The lowest BCUT2D eigenvalue weighted by Crippen LogP contribution is -2.61. The molecule has 0 unspecified atom stereocenters. The first-order valence-electron chi connectivity index (χ1n) is 7.56. The minimum absolute atomic E-state index is 0.438. The van der Waals surface area contributed by atoms with E-state index in [1.54, 1.807) is 13.1 Å². The monoisotopic (exact) mass is 412 g/mol. The van der Waals surface area contributed by atoms with Crippen molar-refractivity contribution in [1.82, 2.24) is 0 Å². The van der Waals surface area contributed by atoms with Crippen LogP contribution >= 0.6 is 0 Å². The van der Waals surface area contributed by atoms with Crippen molar-refractivity contribution in [2.45, 2.75) is 82.1 Å². The molecule has 0 amide bonds. The molecular formula is C13H24F4O6SSi. The van der Waals surface area contributed by atoms with Crippen LogP contribution in [0, 0.1) is 0 Å². The average Bonchev–Trinajstić information content (AvgIpc) is 2.37. The first kappa shape index (κ1) is 22.8. The second kappa shape index (κ2) is 7.04. The number of halogens is 4. The normalized spacial score (nSPS) is 32.7. The summed E-state index contributed by atoms with van der Waals surface area (Å²) >= 11 is 0. The summed E-state index contributed by atoms with van der Waals surface area (Å²) in [5, 5.41) is 9.17. The Bertz CT molecular complexity index is 574. The van der Waals surface area contributed by atoms with E-state index in [1.807, 2.05) is 20.8 Å². The highest BCUT2D eigenvalue weighted by Crippen LogP contribution is 2.41. The van der Waals surface area contributed by atoms with Gasteiger partial charge in [-0.15, -0.1) is 0 Å². The molecule has 1 fully saturated rings. The van der Waals surface area contributed by atoms with Crippen molar-refractivity contribution < 1.29 is 44.4 Å². The van der Waals surface area contributed by atoms with Gasteiger partial charge in [0.25, 0.3) is 0 Å². The van der Waals surface area contributed by atoms with Crippen LogP contribution in [0.5, 0.6) is 0 Å². The Morgan fingerprint density at radius 1 is 1.12 bits per heavy atom. The predicted molar refractivity (Wildman–Crippen MR) is 83.4 cm³/mol. The lowest BCUT2D eigenvalue weighted by Gasteiger charge is -2.46. The SMILES string of the molecule is C[C@@H]1O[C@@H](O)[C@H](F)[C@H](O[Si](C)(C)C(C)(C)C)[C@@H]1OS(=O)(=O)C(F)(F)F. The van der Waals surface area contributed by atoms with E-state index in [0.717, 1.165) is 0 Å². The smallest absolute Gasteiger partial charge is 0.408 e. The Balaban J connectivity index is 3.22. The summed E-state index contributed by atoms with van der Waals surface area (Å²) in [4.78, 5) is 0. The topological polar surface area (TPSA) is 82.1 Å². The first-order chi connectivity index (χ1) is 10.9. The molecular weight excluding hydrogens is 388 g/mol. The predicted octanol–water partition coefficient (Wildman–Crippen LogP) is 2.69. The van der Waals surface area contributed by atoms with Gasteiger partial charge in [-0.2, -0.15) is 21.6 Å². The van der Waals surface area contributed by atoms with Crippen LogP contribution in [0.1, 0.15) is 27.7 Å². The van der Waals surface area contributed by atoms with Crippen LogP contribution in [-0.4, -0.2) is 58.1 Å². The van der Waals surface area contributed by atoms with Crippen LogP contribution in [0.15, 0.2) is 0 Å². The molecule has 12 heteroatoms. The second-order valence-electron chi connectivity index (χ2n) is 7.48. The molecule has 6 nitrogen and oxygen atoms in total. The summed E-state index contributed by atoms with van der Waals surface area (Å²) < 4.78 is 89.6. The van der Waals surface area contributed by atoms with Crippen LogP contribution < -0.4 is 0 Å². The van der Waals surface area contributed by atoms with Gasteiger partial charge in [-0.3, -0.25) is 4.18 Å². The van der Waals surface area contributed by atoms with Gasteiger partial charge < -0.3 is 14.3 Å². The lowest BCUT2D eigenvalue weighted by molar-refractivity contribution is -0.253. The average molecular weight is 412 g/mol. The maximum Gasteiger partial charge on any atom is 0.523 e. The Morgan fingerprint density at radius 3 is 2.00 bits per heavy atom. The zero-order valence-electron chi connectivity index (χ0n) is 14.8. The molecule has 0 bridgehead atoms. The molecule has 0 aromatic heterocycles. The van der Waals surface area contributed by atoms with E-state index < -0.39 is 59.8 Å². The van der Waals surface area contributed by atoms with Crippen molar-refractivity contribution in [3.63, 3.8) is 0 Å². The minimum atomic E-state index is -5.99. The number of hydrogen-bond donors (Lipinski definition) is 1. The Kier molecular flexibility index (Phi) is 6.41. The Morgan fingerprint density at radius 2 is 1.60 bits per heavy atom. The van der Waals surface area contributed by atoms with Gasteiger partial charge in [0.2, 0.25) is 0 Å². The highest BCUT2D eigenvalue weighted by Gasteiger charge is 2.55. The number of ether oxygens (including phenoxy) is 1. The third kappa shape index (κ3) is 4.92. The van der Waals surface area contributed by atoms with E-state index in [0.29, 0.717) is 0 Å². The molecule has 0 aliphatic carbocycles. The summed E-state index contributed by atoms with van der Waals surface area (Å²) in [5.74, 6) is 0. The molecule has 0 radical (unpaired) electrons. The van der Waals surface area contributed by atoms with Gasteiger partial charge in [-0.1, -0.05) is 20.8 Å². The van der Waals surface area contributed by atoms with Gasteiger partial charge in [0, 0.05) is 0 Å². The lowest BCUT2D eigenvalue weighted by atomic mass is 10.0. The van der Waals surface area contributed by atoms with Gasteiger partial charge >= 0.3 is 15.6 Å². The van der Waals surface area contributed by atoms with Crippen molar-refractivity contribution in [1.29, 1.82) is 0 Å². The van der Waals surface area contributed by atoms with Crippen LogP contribution in [-0.2, 0) is 23.5 Å². The van der Waals surface area contributed by atoms with Crippen molar-refractivity contribution in [3.05, 3.63) is 0 Å². The minimum Gasteiger partial charge on any atom is -0.408 e. The van der Waals surface area contributed by atoms with E-state index in [9.17, 15) is 31.1 Å². The number of hydrogen-bond acceptors (Lipinski definition) is 6. The molecule has 0 aromatic carbocycles. The number of rotatable bonds is 4. The van der Waals surface area contributed by atoms with Crippen LogP contribution in [0.25, 0.3) is 0 Å². The van der Waals surface area contributed by atoms with Crippen molar-refractivity contribution in [2.24, 2.45) is 0 Å². The molecule has 0 spiro atoms. The summed E-state index contributed by atoms with van der Waals surface area (Å²) in [6.07, 6.45) is -9.18. The fourth-order valence-electron chi connectivity index (χ4n) is 1.97. The van der Waals surface area contributed by atoms with E-state index >= 15 is 0 Å². The van der Waals surface area contributed by atoms with Crippen molar-refractivity contribution >= 4 is 18.4 Å². The van der Waals surface area contributed by atoms with Crippen molar-refractivity contribution in [2.75, 3.05) is 0 Å². The quantitative estimate of drug-likeness (QED) is 0.331. The maximum absolute atomic E-state index is 14.4. The van der Waals surface area contributed by atoms with Gasteiger partial charge in [-0.05, 0) is 25.1 Å². The van der Waals surface area contributed by atoms with Gasteiger partial charge in [0.15, 0.2) is 20.8 Å². The molecule has 0 aromatic rings.